The molecule has 8 heteroatoms. The van der Waals surface area contributed by atoms with E-state index in [2.05, 4.69) is 5.32 Å². The molecule has 0 radical (unpaired) electrons. The van der Waals surface area contributed by atoms with Crippen LogP contribution >= 0.6 is 11.3 Å². The van der Waals surface area contributed by atoms with E-state index in [1.54, 1.807) is 6.92 Å². The number of nitrogens with one attached hydrogen (secondary N) is 1. The number of aromatic nitrogens is 1. The van der Waals surface area contributed by atoms with E-state index in [4.69, 9.17) is 0 Å². The fraction of sp³-hybridized carbons (Fsp3) is 0.238. The molecule has 0 aliphatic carbocycles. The fourth-order valence-corrected chi connectivity index (χ4v) is 3.94. The first kappa shape index (κ1) is 20.9. The van der Waals surface area contributed by atoms with Crippen LogP contribution in [0, 0.1) is 13.8 Å². The van der Waals surface area contributed by atoms with Crippen molar-refractivity contribution in [1.82, 2.24) is 9.88 Å². The Morgan fingerprint density at radius 2 is 1.66 bits per heavy atom. The lowest BCUT2D eigenvalue weighted by Gasteiger charge is -2.13. The second-order valence-corrected chi connectivity index (χ2v) is 7.59. The average Bonchev–Trinajstić information content (AvgIpc) is 2.95. The van der Waals surface area contributed by atoms with Gasteiger partial charge in [-0.1, -0.05) is 53.8 Å². The Balaban J connectivity index is 1.80. The summed E-state index contributed by atoms with van der Waals surface area (Å²) in [4.78, 5) is 24.9. The van der Waals surface area contributed by atoms with Gasteiger partial charge in [-0.3, -0.25) is 14.2 Å². The van der Waals surface area contributed by atoms with Crippen LogP contribution in [0.3, 0.4) is 0 Å². The minimum Gasteiger partial charge on any atom is -0.347 e. The summed E-state index contributed by atoms with van der Waals surface area (Å²) in [6.45, 7) is 3.65. The number of aryl methyl sites for hydroxylation is 1. The van der Waals surface area contributed by atoms with Gasteiger partial charge in [0.05, 0.1) is 12.1 Å². The van der Waals surface area contributed by atoms with Crippen LogP contribution in [0.5, 0.6) is 0 Å². The molecule has 2 aromatic carbocycles. The van der Waals surface area contributed by atoms with E-state index in [9.17, 15) is 22.8 Å². The third-order valence-electron chi connectivity index (χ3n) is 4.70. The molecule has 1 heterocycles. The summed E-state index contributed by atoms with van der Waals surface area (Å²) in [7, 11) is 0. The highest BCUT2D eigenvalue weighted by Gasteiger charge is 2.33. The number of carbonyl (C=O) groups excluding carboxylic acids is 1. The molecule has 1 aromatic heterocycles. The molecule has 0 aliphatic heterocycles. The van der Waals surface area contributed by atoms with Crippen molar-refractivity contribution in [2.45, 2.75) is 33.1 Å². The van der Waals surface area contributed by atoms with E-state index in [0.29, 0.717) is 12.2 Å². The number of alkyl halides is 3. The number of hydrogen-bond acceptors (Lipinski definition) is 3. The van der Waals surface area contributed by atoms with Crippen molar-refractivity contribution in [2.75, 3.05) is 0 Å². The number of amides is 1. The maximum atomic E-state index is 13.1. The van der Waals surface area contributed by atoms with Crippen LogP contribution < -0.4 is 10.2 Å². The summed E-state index contributed by atoms with van der Waals surface area (Å²) in [6.07, 6.45) is -4.50. The summed E-state index contributed by atoms with van der Waals surface area (Å²) in [5, 5.41) is 2.50. The maximum Gasteiger partial charge on any atom is 0.416 e. The van der Waals surface area contributed by atoms with Gasteiger partial charge in [0.15, 0.2) is 0 Å². The molecule has 0 aliphatic rings. The largest absolute Gasteiger partial charge is 0.416 e. The van der Waals surface area contributed by atoms with Crippen molar-refractivity contribution < 1.29 is 18.0 Å². The number of rotatable bonds is 5. The number of nitrogens with zero attached hydrogens (tertiary/aromatic N) is 1. The second-order valence-electron chi connectivity index (χ2n) is 6.63. The Morgan fingerprint density at radius 3 is 2.31 bits per heavy atom. The predicted molar refractivity (Wildman–Crippen MR) is 106 cm³/mol. The van der Waals surface area contributed by atoms with Crippen LogP contribution in [-0.4, -0.2) is 10.5 Å². The molecule has 0 atom stereocenters. The molecule has 3 rings (SSSR count). The van der Waals surface area contributed by atoms with Gasteiger partial charge in [-0.15, -0.1) is 0 Å². The lowest BCUT2D eigenvalue weighted by molar-refractivity contribution is -0.138. The Bertz CT molecular complexity index is 1100. The van der Waals surface area contributed by atoms with Crippen LogP contribution in [0.4, 0.5) is 13.2 Å². The van der Waals surface area contributed by atoms with Crippen LogP contribution in [0.15, 0.2) is 53.3 Å². The van der Waals surface area contributed by atoms with Crippen molar-refractivity contribution in [1.29, 1.82) is 0 Å². The van der Waals surface area contributed by atoms with Crippen molar-refractivity contribution in [2.24, 2.45) is 0 Å². The third-order valence-corrected chi connectivity index (χ3v) is 5.78. The first-order valence-electron chi connectivity index (χ1n) is 8.86. The summed E-state index contributed by atoms with van der Waals surface area (Å²) in [6, 6.07) is 12.7. The molecule has 1 amide bonds. The molecule has 1 N–H and O–H groups in total. The minimum atomic E-state index is -4.50. The van der Waals surface area contributed by atoms with Gasteiger partial charge in [-0.25, -0.2) is 0 Å². The van der Waals surface area contributed by atoms with Crippen LogP contribution in [0.2, 0.25) is 0 Å². The van der Waals surface area contributed by atoms with Crippen LogP contribution in [0.1, 0.15) is 37.6 Å². The van der Waals surface area contributed by atoms with Gasteiger partial charge >= 0.3 is 11.0 Å². The predicted octanol–water partition coefficient (Wildman–Crippen LogP) is 4.52. The number of benzene rings is 2. The molecule has 0 saturated carbocycles. The molecule has 0 unspecified atom stereocenters. The lowest BCUT2D eigenvalue weighted by Crippen LogP contribution is -2.24. The van der Waals surface area contributed by atoms with Gasteiger partial charge in [0.1, 0.15) is 4.88 Å². The highest BCUT2D eigenvalue weighted by atomic mass is 32.1. The summed E-state index contributed by atoms with van der Waals surface area (Å²) < 4.78 is 40.8. The molecule has 3 aromatic rings. The minimum absolute atomic E-state index is 0.0299. The van der Waals surface area contributed by atoms with E-state index < -0.39 is 17.6 Å². The zero-order valence-corrected chi connectivity index (χ0v) is 16.7. The quantitative estimate of drug-likeness (QED) is 0.660. The maximum absolute atomic E-state index is 13.1. The zero-order valence-electron chi connectivity index (χ0n) is 15.8. The van der Waals surface area contributed by atoms with Gasteiger partial charge in [0.2, 0.25) is 0 Å². The van der Waals surface area contributed by atoms with Crippen LogP contribution in [-0.2, 0) is 19.3 Å². The van der Waals surface area contributed by atoms with Gasteiger partial charge < -0.3 is 5.32 Å². The van der Waals surface area contributed by atoms with E-state index in [0.717, 1.165) is 28.5 Å². The molecule has 0 bridgehead atoms. The summed E-state index contributed by atoms with van der Waals surface area (Å²) in [5.74, 6) is -0.565. The van der Waals surface area contributed by atoms with Crippen molar-refractivity contribution in [3.63, 3.8) is 0 Å². The monoisotopic (exact) mass is 420 g/mol. The van der Waals surface area contributed by atoms with Gasteiger partial charge in [-0.05, 0) is 36.6 Å². The number of halogens is 3. The topological polar surface area (TPSA) is 51.1 Å². The zero-order chi connectivity index (χ0) is 21.2. The van der Waals surface area contributed by atoms with E-state index in [1.165, 1.54) is 22.8 Å². The van der Waals surface area contributed by atoms with Gasteiger partial charge in [-0.2, -0.15) is 13.2 Å². The van der Waals surface area contributed by atoms with E-state index in [-0.39, 0.29) is 21.9 Å². The molecule has 152 valence electrons. The molecule has 0 spiro atoms. The first-order valence-corrected chi connectivity index (χ1v) is 9.68. The molecule has 0 fully saturated rings. The lowest BCUT2D eigenvalue weighted by atomic mass is 10.1. The fourth-order valence-electron chi connectivity index (χ4n) is 3.03. The number of thiazole rings is 1. The number of hydrogen-bond donors (Lipinski definition) is 1. The van der Waals surface area contributed by atoms with Crippen molar-refractivity contribution in [3.8, 4) is 0 Å². The molecule has 29 heavy (non-hydrogen) atoms. The van der Waals surface area contributed by atoms with Crippen molar-refractivity contribution >= 4 is 17.2 Å². The molecule has 4 nitrogen and oxygen atoms in total. The standard InChI is InChI=1S/C21H19F3N2O2S/c1-13-7-3-4-9-16(13)12-26-14(2)18(29-20(26)28)19(27)25-11-15-8-5-6-10-17(15)21(22,23)24/h3-10H,11-12H2,1-2H3,(H,25,27). The highest BCUT2D eigenvalue weighted by molar-refractivity contribution is 7.11. The normalized spacial score (nSPS) is 11.5. The van der Waals surface area contributed by atoms with Crippen LogP contribution in [0.25, 0.3) is 0 Å². The third kappa shape index (κ3) is 4.59. The highest BCUT2D eigenvalue weighted by Crippen LogP contribution is 2.31. The average molecular weight is 420 g/mol. The van der Waals surface area contributed by atoms with E-state index >= 15 is 0 Å². The Hall–Kier alpha value is -2.87. The Labute approximate surface area is 169 Å². The molecular formula is C21H19F3N2O2S. The molecular weight excluding hydrogens is 401 g/mol. The SMILES string of the molecule is Cc1ccccc1Cn1c(C)c(C(=O)NCc2ccccc2C(F)(F)F)sc1=O. The van der Waals surface area contributed by atoms with Gasteiger partial charge in [0.25, 0.3) is 5.91 Å². The van der Waals surface area contributed by atoms with Gasteiger partial charge in [0, 0.05) is 12.2 Å². The Kier molecular flexibility index (Phi) is 5.93. The summed E-state index contributed by atoms with van der Waals surface area (Å²) in [5.41, 5.74) is 1.66. The number of carbonyl (C=O) groups is 1. The smallest absolute Gasteiger partial charge is 0.347 e. The van der Waals surface area contributed by atoms with E-state index in [1.807, 2.05) is 31.2 Å². The second kappa shape index (κ2) is 8.24. The Morgan fingerprint density at radius 1 is 1.03 bits per heavy atom. The van der Waals surface area contributed by atoms with Crippen molar-refractivity contribution in [3.05, 3.63) is 91.0 Å². The summed E-state index contributed by atoms with van der Waals surface area (Å²) >= 11 is 0.792. The molecule has 0 saturated heterocycles. The first-order chi connectivity index (χ1) is 13.7.